The Morgan fingerprint density at radius 1 is 1.35 bits per heavy atom. The molecule has 128 valence electrons. The number of benzene rings is 1. The molecule has 1 atom stereocenters. The normalized spacial score (nSPS) is 14.0. The minimum absolute atomic E-state index is 0.0408. The summed E-state index contributed by atoms with van der Waals surface area (Å²) in [5.74, 6) is -4.37. The van der Waals surface area contributed by atoms with E-state index in [1.807, 2.05) is 0 Å². The molecule has 0 saturated heterocycles. The van der Waals surface area contributed by atoms with Crippen molar-refractivity contribution >= 4 is 39.1 Å². The van der Waals surface area contributed by atoms with Crippen LogP contribution in [0.2, 0.25) is 0 Å². The zero-order chi connectivity index (χ0) is 17.8. The summed E-state index contributed by atoms with van der Waals surface area (Å²) in [5, 5.41) is 0.459. The molecule has 0 aliphatic rings. The van der Waals surface area contributed by atoms with Crippen molar-refractivity contribution in [2.45, 2.75) is 38.5 Å². The zero-order valence-corrected chi connectivity index (χ0v) is 14.9. The van der Waals surface area contributed by atoms with Crippen LogP contribution in [0.4, 0.5) is 18.9 Å². The van der Waals surface area contributed by atoms with Gasteiger partial charge in [0, 0.05) is 11.8 Å². The van der Waals surface area contributed by atoms with E-state index in [2.05, 4.69) is 4.99 Å². The van der Waals surface area contributed by atoms with Gasteiger partial charge in [0.1, 0.15) is 17.3 Å². The van der Waals surface area contributed by atoms with Gasteiger partial charge < -0.3 is 0 Å². The van der Waals surface area contributed by atoms with Crippen LogP contribution in [0.25, 0.3) is 0 Å². The van der Waals surface area contributed by atoms with Gasteiger partial charge in [-0.2, -0.15) is 0 Å². The Labute approximate surface area is 140 Å². The average Bonchev–Trinajstić information content (AvgIpc) is 2.37. The van der Waals surface area contributed by atoms with Crippen LogP contribution in [-0.2, 0) is 15.6 Å². The van der Waals surface area contributed by atoms with E-state index in [1.54, 1.807) is 6.92 Å². The van der Waals surface area contributed by atoms with Crippen LogP contribution in [-0.4, -0.2) is 32.5 Å². The van der Waals surface area contributed by atoms with Gasteiger partial charge in [0.15, 0.2) is 0 Å². The summed E-state index contributed by atoms with van der Waals surface area (Å²) < 4.78 is 52.1. The number of carbonyl (C=O) groups excluding carboxylic acids is 1. The molecule has 8 heteroatoms. The minimum Gasteiger partial charge on any atom is -0.299 e. The molecule has 0 aromatic heterocycles. The Morgan fingerprint density at radius 3 is 2.48 bits per heavy atom. The van der Waals surface area contributed by atoms with Gasteiger partial charge in [-0.05, 0) is 38.5 Å². The smallest absolute Gasteiger partial charge is 0.257 e. The van der Waals surface area contributed by atoms with E-state index in [-0.39, 0.29) is 22.1 Å². The number of ketones is 1. The van der Waals surface area contributed by atoms with E-state index in [0.717, 1.165) is 17.8 Å². The van der Waals surface area contributed by atoms with E-state index in [4.69, 9.17) is 0 Å². The van der Waals surface area contributed by atoms with Gasteiger partial charge in [-0.25, -0.2) is 18.2 Å². The molecule has 0 saturated carbocycles. The summed E-state index contributed by atoms with van der Waals surface area (Å²) in [4.78, 5) is 15.1. The van der Waals surface area contributed by atoms with Gasteiger partial charge in [0.25, 0.3) is 5.92 Å². The summed E-state index contributed by atoms with van der Waals surface area (Å²) in [5.41, 5.74) is 0.255. The number of alkyl halides is 2. The zero-order valence-electron chi connectivity index (χ0n) is 13.3. The first kappa shape index (κ1) is 19.9. The van der Waals surface area contributed by atoms with Crippen LogP contribution in [0.3, 0.4) is 0 Å². The van der Waals surface area contributed by atoms with Crippen LogP contribution >= 0.6 is 11.8 Å². The molecule has 1 aromatic carbocycles. The molecular weight excluding hydrogens is 347 g/mol. The fourth-order valence-electron chi connectivity index (χ4n) is 1.69. The standard InChI is InChI=1S/C15H18F3NO2S2/c1-9-5-12(16)13(19-11(3)22-7-10(2)20)6-14(9)23(21)8-15(4,17)18/h5-6H,7-8H2,1-4H3. The first-order chi connectivity index (χ1) is 10.5. The molecule has 0 radical (unpaired) electrons. The largest absolute Gasteiger partial charge is 0.299 e. The molecule has 1 unspecified atom stereocenters. The predicted molar refractivity (Wildman–Crippen MR) is 88.9 cm³/mol. The maximum atomic E-state index is 14.0. The molecule has 0 aliphatic heterocycles. The lowest BCUT2D eigenvalue weighted by molar-refractivity contribution is -0.114. The summed E-state index contributed by atoms with van der Waals surface area (Å²) >= 11 is 1.15. The Kier molecular flexibility index (Phi) is 7.01. The Hall–Kier alpha value is -1.15. The molecular formula is C15H18F3NO2S2. The lowest BCUT2D eigenvalue weighted by Gasteiger charge is -2.12. The molecule has 0 N–H and O–H groups in total. The van der Waals surface area contributed by atoms with Crippen molar-refractivity contribution < 1.29 is 22.2 Å². The van der Waals surface area contributed by atoms with Crippen LogP contribution < -0.4 is 0 Å². The number of thioether (sulfide) groups is 1. The van der Waals surface area contributed by atoms with Crippen LogP contribution in [0.15, 0.2) is 22.0 Å². The van der Waals surface area contributed by atoms with Gasteiger partial charge >= 0.3 is 0 Å². The van der Waals surface area contributed by atoms with Gasteiger partial charge in [-0.3, -0.25) is 9.00 Å². The number of rotatable bonds is 6. The highest BCUT2D eigenvalue weighted by atomic mass is 32.2. The third-order valence-corrected chi connectivity index (χ3v) is 5.40. The van der Waals surface area contributed by atoms with Gasteiger partial charge in [0.05, 0.1) is 27.3 Å². The molecule has 0 aliphatic carbocycles. The third kappa shape index (κ3) is 6.87. The van der Waals surface area contributed by atoms with Crippen molar-refractivity contribution in [1.29, 1.82) is 0 Å². The number of halogens is 3. The van der Waals surface area contributed by atoms with Gasteiger partial charge in [0.2, 0.25) is 0 Å². The van der Waals surface area contributed by atoms with Crippen molar-refractivity contribution in [3.63, 3.8) is 0 Å². The summed E-state index contributed by atoms with van der Waals surface area (Å²) in [6.07, 6.45) is 0. The fourth-order valence-corrected chi connectivity index (χ4v) is 3.54. The molecule has 3 nitrogen and oxygen atoms in total. The van der Waals surface area contributed by atoms with Crippen LogP contribution in [0.5, 0.6) is 0 Å². The van der Waals surface area contributed by atoms with E-state index >= 15 is 0 Å². The molecule has 23 heavy (non-hydrogen) atoms. The summed E-state index contributed by atoms with van der Waals surface area (Å²) in [7, 11) is -1.96. The van der Waals surface area contributed by atoms with E-state index in [1.165, 1.54) is 19.9 Å². The number of aryl methyl sites for hydroxylation is 1. The van der Waals surface area contributed by atoms with Crippen molar-refractivity contribution in [2.24, 2.45) is 4.99 Å². The topological polar surface area (TPSA) is 46.5 Å². The quantitative estimate of drug-likeness (QED) is 0.559. The molecule has 0 spiro atoms. The molecule has 1 aromatic rings. The Morgan fingerprint density at radius 2 is 1.96 bits per heavy atom. The highest BCUT2D eigenvalue weighted by Gasteiger charge is 2.26. The van der Waals surface area contributed by atoms with Gasteiger partial charge in [-0.1, -0.05) is 0 Å². The fraction of sp³-hybridized carbons (Fsp3) is 0.467. The maximum absolute atomic E-state index is 14.0. The first-order valence-corrected chi connectivity index (χ1v) is 9.04. The maximum Gasteiger partial charge on any atom is 0.257 e. The highest BCUT2D eigenvalue weighted by molar-refractivity contribution is 8.14. The summed E-state index contributed by atoms with van der Waals surface area (Å²) in [6, 6.07) is 2.35. The Balaban J connectivity index is 3.11. The molecule has 0 fully saturated rings. The van der Waals surface area contributed by atoms with Crippen molar-refractivity contribution in [3.8, 4) is 0 Å². The number of Topliss-reactive ketones (excluding diaryl/α,β-unsaturated/α-hetero) is 1. The average molecular weight is 365 g/mol. The molecule has 0 bridgehead atoms. The lowest BCUT2D eigenvalue weighted by atomic mass is 10.2. The third-order valence-electron chi connectivity index (χ3n) is 2.64. The van der Waals surface area contributed by atoms with Crippen molar-refractivity contribution in [3.05, 3.63) is 23.5 Å². The highest BCUT2D eigenvalue weighted by Crippen LogP contribution is 2.28. The monoisotopic (exact) mass is 365 g/mol. The molecule has 1 rings (SSSR count). The molecule has 0 heterocycles. The van der Waals surface area contributed by atoms with Crippen molar-refractivity contribution in [2.75, 3.05) is 11.5 Å². The summed E-state index contributed by atoms with van der Waals surface area (Å²) in [6.45, 7) is 5.24. The second kappa shape index (κ2) is 8.10. The lowest BCUT2D eigenvalue weighted by Crippen LogP contribution is -2.20. The van der Waals surface area contributed by atoms with E-state index in [0.29, 0.717) is 17.5 Å². The predicted octanol–water partition coefficient (Wildman–Crippen LogP) is 4.27. The number of carbonyl (C=O) groups is 1. The van der Waals surface area contributed by atoms with E-state index in [9.17, 15) is 22.2 Å². The minimum atomic E-state index is -3.08. The number of hydrogen-bond acceptors (Lipinski definition) is 4. The Bertz CT molecular complexity index is 655. The molecule has 0 amide bonds. The van der Waals surface area contributed by atoms with Gasteiger partial charge in [-0.15, -0.1) is 11.8 Å². The van der Waals surface area contributed by atoms with E-state index < -0.39 is 28.3 Å². The second-order valence-electron chi connectivity index (χ2n) is 5.25. The number of nitrogens with zero attached hydrogens (tertiary/aromatic N) is 1. The van der Waals surface area contributed by atoms with Crippen LogP contribution in [0, 0.1) is 12.7 Å². The SMILES string of the molecule is CC(=O)CSC(C)=Nc1cc(S(=O)CC(C)(F)F)c(C)cc1F. The first-order valence-electron chi connectivity index (χ1n) is 6.73. The second-order valence-corrected chi connectivity index (χ2v) is 7.84. The van der Waals surface area contributed by atoms with Crippen LogP contribution in [0.1, 0.15) is 26.3 Å². The van der Waals surface area contributed by atoms with Crippen molar-refractivity contribution in [1.82, 2.24) is 0 Å². The number of hydrogen-bond donors (Lipinski definition) is 0. The number of aliphatic imine (C=N–C) groups is 1.